The maximum atomic E-state index is 9.82. The van der Waals surface area contributed by atoms with Crippen LogP contribution in [0.2, 0.25) is 0 Å². The van der Waals surface area contributed by atoms with Gasteiger partial charge >= 0.3 is 0 Å². The largest absolute Gasteiger partial charge is 0.390 e. The van der Waals surface area contributed by atoms with Crippen molar-refractivity contribution in [3.8, 4) is 0 Å². The molecule has 0 unspecified atom stereocenters. The van der Waals surface area contributed by atoms with Gasteiger partial charge in [-0.15, -0.1) is 0 Å². The molecule has 3 heteroatoms. The predicted octanol–water partition coefficient (Wildman–Crippen LogP) is 1.55. The fourth-order valence-electron chi connectivity index (χ4n) is 1.63. The van der Waals surface area contributed by atoms with E-state index in [1.165, 1.54) is 0 Å². The van der Waals surface area contributed by atoms with E-state index in [1.54, 1.807) is 0 Å². The van der Waals surface area contributed by atoms with Crippen molar-refractivity contribution in [1.29, 1.82) is 0 Å². The fourth-order valence-corrected chi connectivity index (χ4v) is 1.63. The summed E-state index contributed by atoms with van der Waals surface area (Å²) in [5.41, 5.74) is 0. The van der Waals surface area contributed by atoms with Gasteiger partial charge in [0.1, 0.15) is 6.10 Å². The maximum absolute atomic E-state index is 9.82. The van der Waals surface area contributed by atoms with Crippen molar-refractivity contribution in [2.75, 3.05) is 0 Å². The minimum Gasteiger partial charge on any atom is -0.390 e. The molecule has 0 saturated heterocycles. The summed E-state index contributed by atoms with van der Waals surface area (Å²) < 4.78 is 0. The SMILES string of the molecule is CCCC[C@@H](C)[C@H](O)[C@@H](O)[C@H](O)C(C)C. The van der Waals surface area contributed by atoms with E-state index in [0.717, 1.165) is 19.3 Å². The normalized spacial score (nSPS) is 20.0. The van der Waals surface area contributed by atoms with E-state index < -0.39 is 18.3 Å². The van der Waals surface area contributed by atoms with Gasteiger partial charge in [-0.3, -0.25) is 0 Å². The highest BCUT2D eigenvalue weighted by molar-refractivity contribution is 4.80. The molecule has 0 radical (unpaired) electrons. The fraction of sp³-hybridized carbons (Fsp3) is 1.00. The molecule has 0 aromatic heterocycles. The van der Waals surface area contributed by atoms with Gasteiger partial charge < -0.3 is 15.3 Å². The van der Waals surface area contributed by atoms with Crippen LogP contribution in [0.1, 0.15) is 47.0 Å². The molecule has 0 heterocycles. The highest BCUT2D eigenvalue weighted by atomic mass is 16.4. The molecule has 0 aliphatic rings. The zero-order valence-corrected chi connectivity index (χ0v) is 10.3. The highest BCUT2D eigenvalue weighted by Gasteiger charge is 2.30. The Balaban J connectivity index is 4.11. The minimum atomic E-state index is -1.03. The number of hydrogen-bond donors (Lipinski definition) is 3. The molecular formula is C12H26O3. The van der Waals surface area contributed by atoms with Crippen LogP contribution in [0.15, 0.2) is 0 Å². The second-order valence-corrected chi connectivity index (χ2v) is 4.84. The van der Waals surface area contributed by atoms with Crippen LogP contribution >= 0.6 is 0 Å². The third kappa shape index (κ3) is 4.96. The van der Waals surface area contributed by atoms with Gasteiger partial charge in [-0.2, -0.15) is 0 Å². The lowest BCUT2D eigenvalue weighted by Gasteiger charge is -2.29. The Hall–Kier alpha value is -0.120. The predicted molar refractivity (Wildman–Crippen MR) is 61.5 cm³/mol. The molecule has 0 aromatic carbocycles. The van der Waals surface area contributed by atoms with E-state index in [4.69, 9.17) is 0 Å². The topological polar surface area (TPSA) is 60.7 Å². The van der Waals surface area contributed by atoms with Crippen molar-refractivity contribution in [1.82, 2.24) is 0 Å². The summed E-state index contributed by atoms with van der Waals surface area (Å²) in [5.74, 6) is 0.00127. The van der Waals surface area contributed by atoms with E-state index in [-0.39, 0.29) is 11.8 Å². The second-order valence-electron chi connectivity index (χ2n) is 4.84. The van der Waals surface area contributed by atoms with Crippen molar-refractivity contribution < 1.29 is 15.3 Å². The quantitative estimate of drug-likeness (QED) is 0.607. The van der Waals surface area contributed by atoms with Crippen LogP contribution in [0.3, 0.4) is 0 Å². The van der Waals surface area contributed by atoms with Crippen LogP contribution in [-0.4, -0.2) is 33.6 Å². The van der Waals surface area contributed by atoms with Crippen molar-refractivity contribution in [2.45, 2.75) is 65.3 Å². The van der Waals surface area contributed by atoms with E-state index >= 15 is 0 Å². The van der Waals surface area contributed by atoms with Crippen LogP contribution in [0.4, 0.5) is 0 Å². The minimum absolute atomic E-state index is 0.0342. The van der Waals surface area contributed by atoms with Gasteiger partial charge in [0.05, 0.1) is 12.2 Å². The van der Waals surface area contributed by atoms with Crippen molar-refractivity contribution >= 4 is 0 Å². The zero-order valence-electron chi connectivity index (χ0n) is 10.3. The molecule has 3 N–H and O–H groups in total. The van der Waals surface area contributed by atoms with Gasteiger partial charge in [0.15, 0.2) is 0 Å². The maximum Gasteiger partial charge on any atom is 0.106 e. The molecule has 15 heavy (non-hydrogen) atoms. The average molecular weight is 218 g/mol. The molecule has 0 aliphatic heterocycles. The van der Waals surface area contributed by atoms with Crippen molar-refractivity contribution in [2.24, 2.45) is 11.8 Å². The van der Waals surface area contributed by atoms with E-state index in [2.05, 4.69) is 6.92 Å². The van der Waals surface area contributed by atoms with E-state index in [0.29, 0.717) is 0 Å². The van der Waals surface area contributed by atoms with Gasteiger partial charge in [0, 0.05) is 0 Å². The molecule has 0 amide bonds. The molecule has 92 valence electrons. The van der Waals surface area contributed by atoms with Crippen LogP contribution < -0.4 is 0 Å². The first-order valence-corrected chi connectivity index (χ1v) is 5.96. The molecule has 4 atom stereocenters. The van der Waals surface area contributed by atoms with Crippen LogP contribution in [-0.2, 0) is 0 Å². The molecule has 0 bridgehead atoms. The molecule has 0 aliphatic carbocycles. The summed E-state index contributed by atoms with van der Waals surface area (Å²) >= 11 is 0. The summed E-state index contributed by atoms with van der Waals surface area (Å²) in [7, 11) is 0. The zero-order chi connectivity index (χ0) is 12.0. The third-order valence-corrected chi connectivity index (χ3v) is 2.98. The number of rotatable bonds is 7. The first kappa shape index (κ1) is 14.9. The summed E-state index contributed by atoms with van der Waals surface area (Å²) in [6, 6.07) is 0. The molecule has 0 fully saturated rings. The molecule has 0 spiro atoms. The van der Waals surface area contributed by atoms with Gasteiger partial charge in [0.2, 0.25) is 0 Å². The lowest BCUT2D eigenvalue weighted by atomic mass is 9.89. The Kier molecular flexibility index (Phi) is 7.14. The van der Waals surface area contributed by atoms with Crippen molar-refractivity contribution in [3.63, 3.8) is 0 Å². The van der Waals surface area contributed by atoms with Crippen LogP contribution in [0.5, 0.6) is 0 Å². The Morgan fingerprint density at radius 2 is 1.40 bits per heavy atom. The molecular weight excluding hydrogens is 192 g/mol. The van der Waals surface area contributed by atoms with Gasteiger partial charge in [-0.25, -0.2) is 0 Å². The summed E-state index contributed by atoms with van der Waals surface area (Å²) in [6.45, 7) is 7.67. The number of aliphatic hydroxyl groups excluding tert-OH is 3. The van der Waals surface area contributed by atoms with Gasteiger partial charge in [-0.1, -0.05) is 40.5 Å². The van der Waals surface area contributed by atoms with E-state index in [1.807, 2.05) is 20.8 Å². The Morgan fingerprint density at radius 3 is 1.80 bits per heavy atom. The summed E-state index contributed by atoms with van der Waals surface area (Å²) in [6.07, 6.45) is 0.317. The smallest absolute Gasteiger partial charge is 0.106 e. The average Bonchev–Trinajstić information content (AvgIpc) is 2.22. The highest BCUT2D eigenvalue weighted by Crippen LogP contribution is 2.19. The molecule has 3 nitrogen and oxygen atoms in total. The Labute approximate surface area is 93.1 Å². The monoisotopic (exact) mass is 218 g/mol. The first-order chi connectivity index (χ1) is 6.91. The number of aliphatic hydroxyl groups is 3. The molecule has 0 rings (SSSR count). The number of hydrogen-bond acceptors (Lipinski definition) is 3. The lowest BCUT2D eigenvalue weighted by Crippen LogP contribution is -2.43. The summed E-state index contributed by atoms with van der Waals surface area (Å²) in [4.78, 5) is 0. The van der Waals surface area contributed by atoms with E-state index in [9.17, 15) is 15.3 Å². The Bertz CT molecular complexity index is 159. The third-order valence-electron chi connectivity index (χ3n) is 2.98. The lowest BCUT2D eigenvalue weighted by molar-refractivity contribution is -0.0933. The van der Waals surface area contributed by atoms with Crippen LogP contribution in [0.25, 0.3) is 0 Å². The van der Waals surface area contributed by atoms with Crippen molar-refractivity contribution in [3.05, 3.63) is 0 Å². The van der Waals surface area contributed by atoms with Crippen LogP contribution in [0, 0.1) is 11.8 Å². The van der Waals surface area contributed by atoms with Gasteiger partial charge in [0.25, 0.3) is 0 Å². The Morgan fingerprint density at radius 1 is 0.867 bits per heavy atom. The molecule has 0 saturated carbocycles. The summed E-state index contributed by atoms with van der Waals surface area (Å²) in [5, 5.41) is 29.2. The second kappa shape index (κ2) is 7.20. The standard InChI is InChI=1S/C12H26O3/c1-5-6-7-9(4)11(14)12(15)10(13)8(2)3/h8-15H,5-7H2,1-4H3/t9-,10-,11+,12+/m1/s1. The first-order valence-electron chi connectivity index (χ1n) is 5.96. The molecule has 0 aromatic rings. The van der Waals surface area contributed by atoms with Gasteiger partial charge in [-0.05, 0) is 18.3 Å². The number of unbranched alkanes of at least 4 members (excludes halogenated alkanes) is 1.